The second kappa shape index (κ2) is 7.23. The molecule has 3 aliphatic rings. The van der Waals surface area contributed by atoms with Crippen LogP contribution >= 0.6 is 11.6 Å². The Morgan fingerprint density at radius 1 is 1.21 bits per heavy atom. The predicted octanol–water partition coefficient (Wildman–Crippen LogP) is 3.52. The molecule has 1 aromatic carbocycles. The van der Waals surface area contributed by atoms with Crippen LogP contribution < -0.4 is 10.1 Å². The number of carbonyl (C=O) groups excluding carboxylic acids is 2. The smallest absolute Gasteiger partial charge is 0.325 e. The summed E-state index contributed by atoms with van der Waals surface area (Å²) in [5, 5.41) is 3.58. The van der Waals surface area contributed by atoms with Crippen LogP contribution in [-0.4, -0.2) is 54.5 Å². The van der Waals surface area contributed by atoms with Crippen LogP contribution in [0.1, 0.15) is 50.5 Å². The Morgan fingerprint density at radius 2 is 1.96 bits per heavy atom. The Kier molecular flexibility index (Phi) is 5.04. The maximum atomic E-state index is 13.6. The van der Waals surface area contributed by atoms with Crippen LogP contribution in [0.2, 0.25) is 5.02 Å². The molecular formula is C21H28ClN3O3. The summed E-state index contributed by atoms with van der Waals surface area (Å²) in [6.45, 7) is 1.23. The van der Waals surface area contributed by atoms with E-state index in [0.29, 0.717) is 29.3 Å². The van der Waals surface area contributed by atoms with Gasteiger partial charge in [-0.15, -0.1) is 0 Å². The first kappa shape index (κ1) is 19.5. The highest BCUT2D eigenvalue weighted by Crippen LogP contribution is 2.51. The number of carbonyl (C=O) groups is 2. The zero-order chi connectivity index (χ0) is 19.9. The van der Waals surface area contributed by atoms with Gasteiger partial charge in [0.15, 0.2) is 5.54 Å². The molecule has 2 spiro atoms. The Hall–Kier alpha value is -1.79. The van der Waals surface area contributed by atoms with Crippen molar-refractivity contribution in [2.24, 2.45) is 0 Å². The summed E-state index contributed by atoms with van der Waals surface area (Å²) in [4.78, 5) is 29.8. The molecule has 1 saturated heterocycles. The predicted molar refractivity (Wildman–Crippen MR) is 108 cm³/mol. The number of fused-ring (bicyclic) bond motifs is 2. The van der Waals surface area contributed by atoms with Crippen LogP contribution in [-0.2, 0) is 10.3 Å². The summed E-state index contributed by atoms with van der Waals surface area (Å²) in [7, 11) is 3.97. The van der Waals surface area contributed by atoms with Crippen molar-refractivity contribution in [2.75, 3.05) is 27.2 Å². The fraction of sp³-hybridized carbons (Fsp3) is 0.619. The van der Waals surface area contributed by atoms with E-state index in [1.807, 2.05) is 20.2 Å². The number of hydrogen-bond donors (Lipinski definition) is 1. The molecule has 152 valence electrons. The molecule has 1 aromatic rings. The molecule has 0 bridgehead atoms. The number of urea groups is 1. The van der Waals surface area contributed by atoms with Crippen molar-refractivity contribution in [3.05, 3.63) is 28.8 Å². The van der Waals surface area contributed by atoms with Crippen molar-refractivity contribution in [1.29, 1.82) is 0 Å². The van der Waals surface area contributed by atoms with E-state index in [9.17, 15) is 9.59 Å². The molecule has 7 heteroatoms. The number of benzene rings is 1. The molecule has 1 N–H and O–H groups in total. The molecule has 2 fully saturated rings. The van der Waals surface area contributed by atoms with Gasteiger partial charge in [0, 0.05) is 23.6 Å². The average Bonchev–Trinajstić information content (AvgIpc) is 2.87. The van der Waals surface area contributed by atoms with Gasteiger partial charge in [0.2, 0.25) is 0 Å². The zero-order valence-corrected chi connectivity index (χ0v) is 17.3. The Labute approximate surface area is 171 Å². The lowest BCUT2D eigenvalue weighted by Crippen LogP contribution is -2.56. The van der Waals surface area contributed by atoms with Gasteiger partial charge < -0.3 is 15.0 Å². The molecule has 0 radical (unpaired) electrons. The lowest BCUT2D eigenvalue weighted by molar-refractivity contribution is -0.136. The summed E-state index contributed by atoms with van der Waals surface area (Å²) in [6, 6.07) is 5.07. The van der Waals surface area contributed by atoms with Crippen LogP contribution in [0.25, 0.3) is 0 Å². The highest BCUT2D eigenvalue weighted by atomic mass is 35.5. The van der Waals surface area contributed by atoms with Gasteiger partial charge in [-0.2, -0.15) is 0 Å². The van der Waals surface area contributed by atoms with E-state index < -0.39 is 11.1 Å². The monoisotopic (exact) mass is 405 g/mol. The fourth-order valence-corrected chi connectivity index (χ4v) is 5.10. The summed E-state index contributed by atoms with van der Waals surface area (Å²) in [5.74, 6) is 0.495. The van der Waals surface area contributed by atoms with Gasteiger partial charge in [-0.1, -0.05) is 18.0 Å². The average molecular weight is 406 g/mol. The molecular weight excluding hydrogens is 378 g/mol. The van der Waals surface area contributed by atoms with Gasteiger partial charge in [0.25, 0.3) is 5.91 Å². The topological polar surface area (TPSA) is 61.9 Å². The number of rotatable bonds is 4. The Bertz CT molecular complexity index is 791. The molecule has 2 aliphatic heterocycles. The molecule has 28 heavy (non-hydrogen) atoms. The number of hydrogen-bond acceptors (Lipinski definition) is 4. The van der Waals surface area contributed by atoms with Gasteiger partial charge in [0.05, 0.1) is 0 Å². The maximum absolute atomic E-state index is 13.6. The molecule has 1 aliphatic carbocycles. The van der Waals surface area contributed by atoms with Gasteiger partial charge in [0.1, 0.15) is 11.4 Å². The zero-order valence-electron chi connectivity index (χ0n) is 16.6. The first-order valence-electron chi connectivity index (χ1n) is 10.1. The molecule has 1 saturated carbocycles. The number of halogens is 1. The van der Waals surface area contributed by atoms with Crippen LogP contribution in [0.15, 0.2) is 18.2 Å². The summed E-state index contributed by atoms with van der Waals surface area (Å²) < 4.78 is 6.45. The van der Waals surface area contributed by atoms with Crippen molar-refractivity contribution in [3.63, 3.8) is 0 Å². The number of nitrogens with zero attached hydrogens (tertiary/aromatic N) is 2. The van der Waals surface area contributed by atoms with Crippen molar-refractivity contribution in [3.8, 4) is 5.75 Å². The minimum Gasteiger partial charge on any atom is -0.487 e. The van der Waals surface area contributed by atoms with E-state index in [-0.39, 0.29) is 11.9 Å². The highest BCUT2D eigenvalue weighted by molar-refractivity contribution is 6.30. The lowest BCUT2D eigenvalue weighted by Gasteiger charge is -2.47. The standard InChI is InChI=1S/C21H28ClN3O3/c1-24(2)11-6-12-25-18(26)21(23-19(25)27)14-20(9-4-3-5-10-20)28-17-8-7-15(22)13-16(17)21/h7-8,13H,3-6,9-12,14H2,1-2H3,(H,23,27). The molecule has 3 amide bonds. The largest absolute Gasteiger partial charge is 0.487 e. The minimum absolute atomic E-state index is 0.173. The molecule has 1 atom stereocenters. The number of amides is 3. The van der Waals surface area contributed by atoms with Crippen molar-refractivity contribution in [1.82, 2.24) is 15.1 Å². The maximum Gasteiger partial charge on any atom is 0.325 e. The second-order valence-electron chi connectivity index (χ2n) is 8.61. The molecule has 6 nitrogen and oxygen atoms in total. The van der Waals surface area contributed by atoms with Crippen molar-refractivity contribution < 1.29 is 14.3 Å². The van der Waals surface area contributed by atoms with E-state index in [4.69, 9.17) is 16.3 Å². The fourth-order valence-electron chi connectivity index (χ4n) is 4.92. The van der Waals surface area contributed by atoms with E-state index in [2.05, 4.69) is 10.2 Å². The normalized spacial score (nSPS) is 25.9. The molecule has 0 aromatic heterocycles. The van der Waals surface area contributed by atoms with E-state index in [0.717, 1.165) is 38.6 Å². The lowest BCUT2D eigenvalue weighted by atomic mass is 9.70. The number of nitrogens with one attached hydrogen (secondary N) is 1. The summed E-state index contributed by atoms with van der Waals surface area (Å²) in [5.41, 5.74) is -0.795. The van der Waals surface area contributed by atoms with Crippen LogP contribution in [0.5, 0.6) is 5.75 Å². The van der Waals surface area contributed by atoms with Crippen LogP contribution in [0, 0.1) is 0 Å². The van der Waals surface area contributed by atoms with Crippen LogP contribution in [0.3, 0.4) is 0 Å². The second-order valence-corrected chi connectivity index (χ2v) is 9.05. The Balaban J connectivity index is 1.71. The third-order valence-corrected chi connectivity index (χ3v) is 6.48. The third kappa shape index (κ3) is 3.26. The molecule has 1 unspecified atom stereocenters. The summed E-state index contributed by atoms with van der Waals surface area (Å²) >= 11 is 6.26. The molecule has 2 heterocycles. The first-order valence-corrected chi connectivity index (χ1v) is 10.5. The van der Waals surface area contributed by atoms with Gasteiger partial charge in [-0.3, -0.25) is 9.69 Å². The van der Waals surface area contributed by atoms with Gasteiger partial charge in [-0.25, -0.2) is 4.79 Å². The third-order valence-electron chi connectivity index (χ3n) is 6.24. The van der Waals surface area contributed by atoms with Crippen molar-refractivity contribution >= 4 is 23.5 Å². The van der Waals surface area contributed by atoms with E-state index >= 15 is 0 Å². The minimum atomic E-state index is -1.08. The summed E-state index contributed by atoms with van der Waals surface area (Å²) in [6.07, 6.45) is 6.36. The first-order chi connectivity index (χ1) is 13.4. The number of ether oxygens (including phenoxy) is 1. The molecule has 4 rings (SSSR count). The highest BCUT2D eigenvalue weighted by Gasteiger charge is 2.60. The number of imide groups is 1. The van der Waals surface area contributed by atoms with E-state index in [1.54, 1.807) is 12.1 Å². The van der Waals surface area contributed by atoms with E-state index in [1.165, 1.54) is 11.3 Å². The quantitative estimate of drug-likeness (QED) is 0.778. The SMILES string of the molecule is CN(C)CCCN1C(=O)NC2(CC3(CCCCC3)Oc3ccc(Cl)cc32)C1=O. The Morgan fingerprint density at radius 3 is 2.68 bits per heavy atom. The van der Waals surface area contributed by atoms with Crippen LogP contribution in [0.4, 0.5) is 4.79 Å². The van der Waals surface area contributed by atoms with Gasteiger partial charge >= 0.3 is 6.03 Å². The van der Waals surface area contributed by atoms with Crippen molar-refractivity contribution in [2.45, 2.75) is 56.1 Å². The van der Waals surface area contributed by atoms with Gasteiger partial charge in [-0.05, 0) is 70.9 Å².